The van der Waals surface area contributed by atoms with Crippen molar-refractivity contribution in [2.24, 2.45) is 0 Å². The number of sulfonamides is 1. The first kappa shape index (κ1) is 28.6. The van der Waals surface area contributed by atoms with E-state index in [-0.39, 0.29) is 48.5 Å². The van der Waals surface area contributed by atoms with E-state index in [2.05, 4.69) is 10.0 Å². The molecular formula is C27H30FN3O6S. The molecule has 0 fully saturated rings. The van der Waals surface area contributed by atoms with Crippen LogP contribution in [-0.4, -0.2) is 56.0 Å². The van der Waals surface area contributed by atoms with E-state index in [0.29, 0.717) is 6.42 Å². The van der Waals surface area contributed by atoms with Gasteiger partial charge in [0.15, 0.2) is 6.61 Å². The summed E-state index contributed by atoms with van der Waals surface area (Å²) in [6.07, 6.45) is 0.402. The van der Waals surface area contributed by atoms with E-state index in [4.69, 9.17) is 9.84 Å². The molecule has 3 rings (SSSR count). The fourth-order valence-electron chi connectivity index (χ4n) is 3.48. The summed E-state index contributed by atoms with van der Waals surface area (Å²) in [6, 6.07) is 18.8. The molecule has 0 heterocycles. The van der Waals surface area contributed by atoms with Gasteiger partial charge in [0.1, 0.15) is 17.6 Å². The Kier molecular flexibility index (Phi) is 10.2. The zero-order chi connectivity index (χ0) is 27.5. The third kappa shape index (κ3) is 8.29. The molecule has 0 saturated heterocycles. The summed E-state index contributed by atoms with van der Waals surface area (Å²) in [6.45, 7) is 1.65. The zero-order valence-corrected chi connectivity index (χ0v) is 21.7. The molecule has 3 N–H and O–H groups in total. The minimum atomic E-state index is -3.92. The molecule has 9 nitrogen and oxygen atoms in total. The largest absolute Gasteiger partial charge is 0.484 e. The Morgan fingerprint density at radius 2 is 1.66 bits per heavy atom. The van der Waals surface area contributed by atoms with Crippen molar-refractivity contribution in [3.8, 4) is 5.75 Å². The second-order valence-electron chi connectivity index (χ2n) is 8.42. The summed E-state index contributed by atoms with van der Waals surface area (Å²) in [5.74, 6) is -1.01. The maximum Gasteiger partial charge on any atom is 0.261 e. The van der Waals surface area contributed by atoms with Crippen LogP contribution in [-0.2, 0) is 26.2 Å². The smallest absolute Gasteiger partial charge is 0.261 e. The third-order valence-corrected chi connectivity index (χ3v) is 6.99. The molecular weight excluding hydrogens is 513 g/mol. The van der Waals surface area contributed by atoms with Gasteiger partial charge in [-0.2, -0.15) is 0 Å². The van der Waals surface area contributed by atoms with Crippen LogP contribution >= 0.6 is 0 Å². The van der Waals surface area contributed by atoms with Crippen molar-refractivity contribution >= 4 is 27.5 Å². The monoisotopic (exact) mass is 543 g/mol. The Balaban J connectivity index is 1.65. The number of hydrogen-bond donors (Lipinski definition) is 3. The van der Waals surface area contributed by atoms with Gasteiger partial charge in [-0.15, -0.1) is 0 Å². The zero-order valence-electron chi connectivity index (χ0n) is 20.8. The van der Waals surface area contributed by atoms with E-state index in [1.807, 2.05) is 30.3 Å². The van der Waals surface area contributed by atoms with Gasteiger partial charge in [-0.3, -0.25) is 14.3 Å². The number of ether oxygens (including phenoxy) is 1. The van der Waals surface area contributed by atoms with Gasteiger partial charge < -0.3 is 20.1 Å². The second-order valence-corrected chi connectivity index (χ2v) is 10.1. The average molecular weight is 544 g/mol. The molecule has 2 amide bonds. The van der Waals surface area contributed by atoms with Gasteiger partial charge in [-0.05, 0) is 67.4 Å². The molecule has 0 aromatic heterocycles. The quantitative estimate of drug-likeness (QED) is 0.285. The average Bonchev–Trinajstić information content (AvgIpc) is 2.92. The molecule has 0 radical (unpaired) electrons. The van der Waals surface area contributed by atoms with Crippen LogP contribution in [0.15, 0.2) is 83.8 Å². The first-order valence-corrected chi connectivity index (χ1v) is 13.4. The van der Waals surface area contributed by atoms with Crippen molar-refractivity contribution in [1.29, 1.82) is 0 Å². The molecule has 0 aliphatic rings. The molecule has 202 valence electrons. The number of hydrogen-bond acceptors (Lipinski definition) is 6. The second kappa shape index (κ2) is 13.5. The van der Waals surface area contributed by atoms with E-state index in [1.165, 1.54) is 41.3 Å². The van der Waals surface area contributed by atoms with Gasteiger partial charge in [-0.25, -0.2) is 12.8 Å². The minimum Gasteiger partial charge on any atom is -0.484 e. The molecule has 0 bridgehead atoms. The highest BCUT2D eigenvalue weighted by atomic mass is 32.2. The third-order valence-electron chi connectivity index (χ3n) is 5.59. The van der Waals surface area contributed by atoms with Crippen LogP contribution in [0.25, 0.3) is 0 Å². The molecule has 0 aliphatic carbocycles. The van der Waals surface area contributed by atoms with E-state index in [1.54, 1.807) is 6.92 Å². The SMILES string of the molecule is C[C@H](C(=O)NCCCO)N(Cc1ccccc1)C(=O)COc1ccc(S(=O)(=O)Nc2ccc(F)cc2)cc1. The number of halogens is 1. The molecule has 1 atom stereocenters. The Hall–Kier alpha value is -3.96. The summed E-state index contributed by atoms with van der Waals surface area (Å²) in [4.78, 5) is 27.1. The standard InChI is InChI=1S/C27H30FN3O6S/c1-20(27(34)29-16-5-17-32)31(18-21-6-3-2-4-7-21)26(33)19-37-24-12-14-25(15-13-24)38(35,36)30-23-10-8-22(28)9-11-23/h2-4,6-15,20,30,32H,5,16-19H2,1H3,(H,29,34)/t20-/m1/s1. The lowest BCUT2D eigenvalue weighted by atomic mass is 10.1. The number of rotatable bonds is 13. The van der Waals surface area contributed by atoms with E-state index < -0.39 is 27.8 Å². The number of carbonyl (C=O) groups excluding carboxylic acids is 2. The fourth-order valence-corrected chi connectivity index (χ4v) is 4.53. The first-order valence-electron chi connectivity index (χ1n) is 11.9. The number of benzene rings is 3. The van der Waals surface area contributed by atoms with Crippen molar-refractivity contribution in [3.05, 3.63) is 90.2 Å². The summed E-state index contributed by atoms with van der Waals surface area (Å²) in [5, 5.41) is 11.6. The van der Waals surface area contributed by atoms with Crippen LogP contribution in [0.4, 0.5) is 10.1 Å². The van der Waals surface area contributed by atoms with Crippen LogP contribution in [0, 0.1) is 5.82 Å². The summed E-state index contributed by atoms with van der Waals surface area (Å²) in [7, 11) is -3.92. The number of nitrogens with zero attached hydrogens (tertiary/aromatic N) is 1. The molecule has 38 heavy (non-hydrogen) atoms. The van der Waals surface area contributed by atoms with Gasteiger partial charge in [0.05, 0.1) is 4.90 Å². The Morgan fingerprint density at radius 3 is 2.29 bits per heavy atom. The Bertz CT molecular complexity index is 1300. The molecule has 0 aliphatic heterocycles. The number of nitrogens with one attached hydrogen (secondary N) is 2. The van der Waals surface area contributed by atoms with Crippen molar-refractivity contribution < 1.29 is 32.2 Å². The highest BCUT2D eigenvalue weighted by Gasteiger charge is 2.26. The normalized spacial score (nSPS) is 11.9. The molecule has 0 spiro atoms. The number of carbonyl (C=O) groups is 2. The van der Waals surface area contributed by atoms with E-state index >= 15 is 0 Å². The van der Waals surface area contributed by atoms with Crippen molar-refractivity contribution in [3.63, 3.8) is 0 Å². The maximum absolute atomic E-state index is 13.1. The summed E-state index contributed by atoms with van der Waals surface area (Å²) in [5.41, 5.74) is 1.05. The van der Waals surface area contributed by atoms with E-state index in [0.717, 1.165) is 17.7 Å². The van der Waals surface area contributed by atoms with Crippen LogP contribution in [0.2, 0.25) is 0 Å². The Morgan fingerprint density at radius 1 is 1.00 bits per heavy atom. The van der Waals surface area contributed by atoms with Gasteiger partial charge in [-0.1, -0.05) is 30.3 Å². The fraction of sp³-hybridized carbons (Fsp3) is 0.259. The van der Waals surface area contributed by atoms with Gasteiger partial charge in [0, 0.05) is 25.4 Å². The summed E-state index contributed by atoms with van der Waals surface area (Å²) >= 11 is 0. The number of aliphatic hydroxyl groups is 1. The lowest BCUT2D eigenvalue weighted by Crippen LogP contribution is -2.49. The van der Waals surface area contributed by atoms with Crippen molar-refractivity contribution in [2.75, 3.05) is 24.5 Å². The van der Waals surface area contributed by atoms with Crippen LogP contribution in [0.5, 0.6) is 5.75 Å². The molecule has 3 aromatic carbocycles. The number of aliphatic hydroxyl groups excluding tert-OH is 1. The van der Waals surface area contributed by atoms with Crippen LogP contribution in [0.3, 0.4) is 0 Å². The lowest BCUT2D eigenvalue weighted by Gasteiger charge is -2.28. The number of amides is 2. The van der Waals surface area contributed by atoms with Gasteiger partial charge in [0.25, 0.3) is 15.9 Å². The topological polar surface area (TPSA) is 125 Å². The van der Waals surface area contributed by atoms with Crippen molar-refractivity contribution in [2.45, 2.75) is 30.8 Å². The van der Waals surface area contributed by atoms with Crippen molar-refractivity contribution in [1.82, 2.24) is 10.2 Å². The highest BCUT2D eigenvalue weighted by molar-refractivity contribution is 7.92. The lowest BCUT2D eigenvalue weighted by molar-refractivity contribution is -0.142. The molecule has 0 unspecified atom stereocenters. The maximum atomic E-state index is 13.1. The van der Waals surface area contributed by atoms with Crippen LogP contribution < -0.4 is 14.8 Å². The number of anilines is 1. The molecule has 3 aromatic rings. The highest BCUT2D eigenvalue weighted by Crippen LogP contribution is 2.20. The molecule has 11 heteroatoms. The predicted molar refractivity (Wildman–Crippen MR) is 140 cm³/mol. The van der Waals surface area contributed by atoms with E-state index in [9.17, 15) is 22.4 Å². The summed E-state index contributed by atoms with van der Waals surface area (Å²) < 4.78 is 46.2. The Labute approximate surface area is 221 Å². The minimum absolute atomic E-state index is 0.0422. The van der Waals surface area contributed by atoms with Crippen LogP contribution in [0.1, 0.15) is 18.9 Å². The van der Waals surface area contributed by atoms with Gasteiger partial charge in [0.2, 0.25) is 5.91 Å². The molecule has 0 saturated carbocycles. The van der Waals surface area contributed by atoms with Gasteiger partial charge >= 0.3 is 0 Å². The predicted octanol–water partition coefficient (Wildman–Crippen LogP) is 2.92. The first-order chi connectivity index (χ1) is 18.2.